The topological polar surface area (TPSA) is 85.9 Å². The lowest BCUT2D eigenvalue weighted by atomic mass is 10.1. The van der Waals surface area contributed by atoms with Gasteiger partial charge in [-0.1, -0.05) is 24.3 Å². The van der Waals surface area contributed by atoms with Crippen molar-refractivity contribution in [1.29, 1.82) is 0 Å². The molecule has 0 bridgehead atoms. The van der Waals surface area contributed by atoms with E-state index in [-0.39, 0.29) is 11.9 Å². The molecule has 4 aromatic rings. The number of carbonyl (C=O) groups is 1. The lowest BCUT2D eigenvalue weighted by Crippen LogP contribution is -2.31. The molecule has 174 valence electrons. The van der Waals surface area contributed by atoms with Crippen molar-refractivity contribution in [3.63, 3.8) is 0 Å². The molecule has 0 spiro atoms. The van der Waals surface area contributed by atoms with Crippen molar-refractivity contribution in [3.8, 4) is 11.3 Å². The first-order valence-corrected chi connectivity index (χ1v) is 11.6. The van der Waals surface area contributed by atoms with Crippen molar-refractivity contribution in [2.24, 2.45) is 0 Å². The van der Waals surface area contributed by atoms with Gasteiger partial charge in [0, 0.05) is 42.0 Å². The lowest BCUT2D eigenvalue weighted by molar-refractivity contribution is 0.249. The van der Waals surface area contributed by atoms with Gasteiger partial charge in [0.2, 0.25) is 0 Å². The number of aromatic amines is 1. The molecule has 2 amide bonds. The van der Waals surface area contributed by atoms with Crippen LogP contribution in [0.5, 0.6) is 0 Å². The minimum atomic E-state index is -0.392. The van der Waals surface area contributed by atoms with E-state index >= 15 is 0 Å². The van der Waals surface area contributed by atoms with Gasteiger partial charge < -0.3 is 10.2 Å². The molecule has 34 heavy (non-hydrogen) atoms. The zero-order valence-electron chi connectivity index (χ0n) is 19.0. The Bertz CT molecular complexity index is 1280. The summed E-state index contributed by atoms with van der Waals surface area (Å²) in [5.41, 5.74) is 4.68. The molecule has 5 rings (SSSR count). The standard InChI is InChI=1S/C26H27FN6O/c1-17(18-5-9-20(27)10-6-18)29-26(34)30-24-15-23-22(16-28-24)25(32-31-23)19-7-11-21(12-8-19)33-13-3-2-4-14-33/h5-12,15-17H,2-4,13-14H2,1H3,(H,31,32)(H2,28,29,30,34)/t17-/m1/s1. The van der Waals surface area contributed by atoms with Crippen LogP contribution >= 0.6 is 0 Å². The quantitative estimate of drug-likeness (QED) is 0.361. The van der Waals surface area contributed by atoms with Gasteiger partial charge in [-0.3, -0.25) is 10.4 Å². The molecule has 7 nitrogen and oxygen atoms in total. The average Bonchev–Trinajstić information content (AvgIpc) is 3.28. The van der Waals surface area contributed by atoms with Gasteiger partial charge in [0.25, 0.3) is 0 Å². The third-order valence-electron chi connectivity index (χ3n) is 6.27. The predicted molar refractivity (Wildman–Crippen MR) is 132 cm³/mol. The molecule has 0 unspecified atom stereocenters. The molecule has 1 atom stereocenters. The monoisotopic (exact) mass is 458 g/mol. The molecule has 0 saturated carbocycles. The van der Waals surface area contributed by atoms with Crippen LogP contribution in [0.2, 0.25) is 0 Å². The van der Waals surface area contributed by atoms with Crippen molar-refractivity contribution in [3.05, 3.63) is 72.2 Å². The number of halogens is 1. The number of anilines is 2. The molecular formula is C26H27FN6O. The summed E-state index contributed by atoms with van der Waals surface area (Å²) in [5, 5.41) is 14.0. The highest BCUT2D eigenvalue weighted by Gasteiger charge is 2.14. The number of nitrogens with one attached hydrogen (secondary N) is 3. The molecule has 0 aliphatic carbocycles. The van der Waals surface area contributed by atoms with Crippen LogP contribution in [0.25, 0.3) is 22.2 Å². The number of benzene rings is 2. The Morgan fingerprint density at radius 1 is 1.06 bits per heavy atom. The van der Waals surface area contributed by atoms with Gasteiger partial charge in [-0.15, -0.1) is 0 Å². The van der Waals surface area contributed by atoms with Gasteiger partial charge in [-0.2, -0.15) is 5.10 Å². The summed E-state index contributed by atoms with van der Waals surface area (Å²) in [5.74, 6) is 0.0988. The number of hydrogen-bond acceptors (Lipinski definition) is 4. The summed E-state index contributed by atoms with van der Waals surface area (Å²) in [6.45, 7) is 4.06. The second kappa shape index (κ2) is 9.51. The van der Waals surface area contributed by atoms with E-state index in [2.05, 4.69) is 55.0 Å². The van der Waals surface area contributed by atoms with Gasteiger partial charge in [0.15, 0.2) is 0 Å². The smallest absolute Gasteiger partial charge is 0.320 e. The Labute approximate surface area is 197 Å². The van der Waals surface area contributed by atoms with Crippen molar-refractivity contribution >= 4 is 28.4 Å². The average molecular weight is 459 g/mol. The zero-order chi connectivity index (χ0) is 23.5. The Hall–Kier alpha value is -3.94. The molecule has 3 heterocycles. The van der Waals surface area contributed by atoms with E-state index < -0.39 is 6.03 Å². The second-order valence-corrected chi connectivity index (χ2v) is 8.65. The summed E-state index contributed by atoms with van der Waals surface area (Å²) < 4.78 is 13.1. The third-order valence-corrected chi connectivity index (χ3v) is 6.27. The summed E-state index contributed by atoms with van der Waals surface area (Å²) in [7, 11) is 0. The Morgan fingerprint density at radius 3 is 2.53 bits per heavy atom. The van der Waals surface area contributed by atoms with E-state index in [0.29, 0.717) is 5.82 Å². The first-order valence-electron chi connectivity index (χ1n) is 11.6. The molecule has 1 aliphatic heterocycles. The highest BCUT2D eigenvalue weighted by atomic mass is 19.1. The third kappa shape index (κ3) is 4.71. The molecule has 2 aromatic carbocycles. The zero-order valence-corrected chi connectivity index (χ0v) is 19.0. The van der Waals surface area contributed by atoms with Gasteiger partial charge in [-0.25, -0.2) is 14.2 Å². The maximum absolute atomic E-state index is 13.1. The minimum Gasteiger partial charge on any atom is -0.372 e. The van der Waals surface area contributed by atoms with Gasteiger partial charge in [-0.05, 0) is 56.0 Å². The second-order valence-electron chi connectivity index (χ2n) is 8.65. The number of amides is 2. The van der Waals surface area contributed by atoms with Gasteiger partial charge in [0.05, 0.1) is 11.6 Å². The summed E-state index contributed by atoms with van der Waals surface area (Å²) in [6, 6.07) is 15.6. The molecule has 3 N–H and O–H groups in total. The first kappa shape index (κ1) is 21.9. The maximum atomic E-state index is 13.1. The number of fused-ring (bicyclic) bond motifs is 1. The van der Waals surface area contributed by atoms with Crippen molar-refractivity contribution < 1.29 is 9.18 Å². The van der Waals surface area contributed by atoms with E-state index in [1.54, 1.807) is 24.4 Å². The number of carbonyl (C=O) groups excluding carboxylic acids is 1. The van der Waals surface area contributed by atoms with E-state index in [1.807, 2.05) is 6.92 Å². The van der Waals surface area contributed by atoms with Crippen LogP contribution in [0, 0.1) is 5.82 Å². The molecule has 8 heteroatoms. The van der Waals surface area contributed by atoms with Crippen LogP contribution in [0.15, 0.2) is 60.8 Å². The van der Waals surface area contributed by atoms with E-state index in [0.717, 1.165) is 40.8 Å². The summed E-state index contributed by atoms with van der Waals surface area (Å²) >= 11 is 0. The van der Waals surface area contributed by atoms with Crippen LogP contribution in [0.1, 0.15) is 37.8 Å². The van der Waals surface area contributed by atoms with Crippen molar-refractivity contribution in [2.45, 2.75) is 32.2 Å². The number of urea groups is 1. The molecular weight excluding hydrogens is 431 g/mol. The summed E-state index contributed by atoms with van der Waals surface area (Å²) in [6.07, 6.45) is 5.52. The van der Waals surface area contributed by atoms with E-state index in [9.17, 15) is 9.18 Å². The molecule has 1 aliphatic rings. The van der Waals surface area contributed by atoms with Crippen LogP contribution in [0.3, 0.4) is 0 Å². The molecule has 1 fully saturated rings. The fourth-order valence-electron chi connectivity index (χ4n) is 4.37. The number of hydrogen-bond donors (Lipinski definition) is 3. The minimum absolute atomic E-state index is 0.281. The molecule has 0 radical (unpaired) electrons. The summed E-state index contributed by atoms with van der Waals surface area (Å²) in [4.78, 5) is 19.2. The Morgan fingerprint density at radius 2 is 1.79 bits per heavy atom. The fourth-order valence-corrected chi connectivity index (χ4v) is 4.37. The predicted octanol–water partition coefficient (Wildman–Crippen LogP) is 5.64. The normalized spacial score (nSPS) is 14.7. The largest absolute Gasteiger partial charge is 0.372 e. The first-order chi connectivity index (χ1) is 16.6. The van der Waals surface area contributed by atoms with Crippen LogP contribution in [-0.2, 0) is 0 Å². The van der Waals surface area contributed by atoms with Crippen molar-refractivity contribution in [1.82, 2.24) is 20.5 Å². The van der Waals surface area contributed by atoms with Crippen LogP contribution in [-0.4, -0.2) is 34.3 Å². The number of rotatable bonds is 5. The number of piperidine rings is 1. The Balaban J connectivity index is 1.27. The SMILES string of the molecule is C[C@@H](NC(=O)Nc1cc2[nH]nc(-c3ccc(N4CCCCC4)cc3)c2cn1)c1ccc(F)cc1. The number of aromatic nitrogens is 3. The molecule has 2 aromatic heterocycles. The van der Waals surface area contributed by atoms with Gasteiger partial charge in [0.1, 0.15) is 17.3 Å². The number of pyridine rings is 1. The maximum Gasteiger partial charge on any atom is 0.320 e. The highest BCUT2D eigenvalue weighted by molar-refractivity contribution is 5.96. The van der Waals surface area contributed by atoms with Crippen molar-refractivity contribution in [2.75, 3.05) is 23.3 Å². The number of nitrogens with zero attached hydrogens (tertiary/aromatic N) is 3. The van der Waals surface area contributed by atoms with E-state index in [4.69, 9.17) is 0 Å². The fraction of sp³-hybridized carbons (Fsp3) is 0.269. The molecule has 1 saturated heterocycles. The lowest BCUT2D eigenvalue weighted by Gasteiger charge is -2.28. The van der Waals surface area contributed by atoms with Gasteiger partial charge >= 0.3 is 6.03 Å². The number of H-pyrrole nitrogens is 1. The van der Waals surface area contributed by atoms with Crippen LogP contribution in [0.4, 0.5) is 20.7 Å². The Kier molecular flexibility index (Phi) is 6.12. The highest BCUT2D eigenvalue weighted by Crippen LogP contribution is 2.29. The van der Waals surface area contributed by atoms with Crippen LogP contribution < -0.4 is 15.5 Å². The van der Waals surface area contributed by atoms with E-state index in [1.165, 1.54) is 37.1 Å².